The summed E-state index contributed by atoms with van der Waals surface area (Å²) in [7, 11) is 4.64. The van der Waals surface area contributed by atoms with Gasteiger partial charge in [-0.25, -0.2) is 14.8 Å². The number of rotatable bonds is 7. The molecule has 1 aromatic carbocycles. The Hall–Kier alpha value is -4.47. The van der Waals surface area contributed by atoms with Gasteiger partial charge in [-0.3, -0.25) is 18.7 Å². The molecule has 0 aliphatic carbocycles. The number of carbonyl (C=O) groups is 1. The largest absolute Gasteiger partial charge is 0.497 e. The third-order valence-electron chi connectivity index (χ3n) is 5.43. The second-order valence-electron chi connectivity index (χ2n) is 7.56. The van der Waals surface area contributed by atoms with Crippen LogP contribution in [0.3, 0.4) is 0 Å². The summed E-state index contributed by atoms with van der Waals surface area (Å²) in [5.41, 5.74) is 1.00. The first-order chi connectivity index (χ1) is 16.4. The van der Waals surface area contributed by atoms with Crippen LogP contribution in [-0.4, -0.2) is 39.2 Å². The number of nitrogens with zero attached hydrogens (tertiary/aromatic N) is 4. The van der Waals surface area contributed by atoms with Crippen LogP contribution in [0.25, 0.3) is 10.9 Å². The van der Waals surface area contributed by atoms with E-state index in [4.69, 9.17) is 9.47 Å². The predicted octanol–water partition coefficient (Wildman–Crippen LogP) is 1.49. The molecule has 174 valence electrons. The smallest absolute Gasteiger partial charge is 0.331 e. The van der Waals surface area contributed by atoms with Crippen molar-refractivity contribution in [3.8, 4) is 11.6 Å². The highest BCUT2D eigenvalue weighted by Crippen LogP contribution is 2.13. The highest BCUT2D eigenvalue weighted by Gasteiger charge is 2.15. The van der Waals surface area contributed by atoms with Gasteiger partial charge < -0.3 is 14.8 Å². The maximum atomic E-state index is 13.2. The number of hydrogen-bond donors (Lipinski definition) is 1. The molecule has 10 nitrogen and oxygen atoms in total. The molecule has 4 rings (SSSR count). The van der Waals surface area contributed by atoms with Crippen molar-refractivity contribution in [3.63, 3.8) is 0 Å². The van der Waals surface area contributed by atoms with E-state index in [2.05, 4.69) is 15.3 Å². The Kier molecular flexibility index (Phi) is 6.39. The van der Waals surface area contributed by atoms with Crippen molar-refractivity contribution in [1.82, 2.24) is 24.4 Å². The molecule has 0 aliphatic rings. The van der Waals surface area contributed by atoms with E-state index >= 15 is 0 Å². The van der Waals surface area contributed by atoms with Gasteiger partial charge in [0.2, 0.25) is 5.88 Å². The Morgan fingerprint density at radius 2 is 1.76 bits per heavy atom. The van der Waals surface area contributed by atoms with Crippen molar-refractivity contribution in [3.05, 3.63) is 92.5 Å². The second kappa shape index (κ2) is 9.57. The predicted molar refractivity (Wildman–Crippen MR) is 125 cm³/mol. The first-order valence-electron chi connectivity index (χ1n) is 10.4. The van der Waals surface area contributed by atoms with Gasteiger partial charge in [-0.05, 0) is 35.4 Å². The summed E-state index contributed by atoms with van der Waals surface area (Å²) in [6, 6.07) is 12.0. The average molecular weight is 461 g/mol. The summed E-state index contributed by atoms with van der Waals surface area (Å²) in [6.45, 7) is 0.311. The van der Waals surface area contributed by atoms with E-state index in [1.807, 2.05) is 0 Å². The van der Waals surface area contributed by atoms with E-state index in [-0.39, 0.29) is 24.2 Å². The summed E-state index contributed by atoms with van der Waals surface area (Å²) >= 11 is 0. The number of fused-ring (bicyclic) bond motifs is 1. The van der Waals surface area contributed by atoms with Crippen LogP contribution < -0.4 is 26.0 Å². The lowest BCUT2D eigenvalue weighted by atomic mass is 10.2. The van der Waals surface area contributed by atoms with Gasteiger partial charge in [0.25, 0.3) is 11.5 Å². The molecule has 0 atom stereocenters. The summed E-state index contributed by atoms with van der Waals surface area (Å²) in [5, 5.41) is 2.99. The number of aryl methyl sites for hydroxylation is 1. The molecule has 0 fully saturated rings. The molecule has 0 saturated heterocycles. The molecule has 0 bridgehead atoms. The van der Waals surface area contributed by atoms with Gasteiger partial charge in [0.1, 0.15) is 11.4 Å². The van der Waals surface area contributed by atoms with Crippen LogP contribution in [0, 0.1) is 0 Å². The van der Waals surface area contributed by atoms with Crippen molar-refractivity contribution in [2.45, 2.75) is 13.1 Å². The van der Waals surface area contributed by atoms with Crippen molar-refractivity contribution in [2.24, 2.45) is 7.05 Å². The third kappa shape index (κ3) is 4.51. The van der Waals surface area contributed by atoms with E-state index in [9.17, 15) is 14.4 Å². The van der Waals surface area contributed by atoms with Crippen LogP contribution in [0.1, 0.15) is 21.6 Å². The van der Waals surface area contributed by atoms with Crippen molar-refractivity contribution in [1.29, 1.82) is 0 Å². The number of benzene rings is 1. The Morgan fingerprint density at radius 1 is 1.00 bits per heavy atom. The van der Waals surface area contributed by atoms with Crippen molar-refractivity contribution >= 4 is 16.8 Å². The third-order valence-corrected chi connectivity index (χ3v) is 5.43. The van der Waals surface area contributed by atoms with Crippen LogP contribution in [0.5, 0.6) is 11.6 Å². The minimum Gasteiger partial charge on any atom is -0.497 e. The number of carbonyl (C=O) groups excluding carboxylic acids is 1. The number of aromatic nitrogens is 4. The van der Waals surface area contributed by atoms with Gasteiger partial charge in [-0.1, -0.05) is 12.1 Å². The standard InChI is InChI=1S/C24H23N5O5/c1-28-20-13-26-19(22(30)27-12-16-8-9-25-21(10-16)34-3)11-18(20)23(31)29(24(28)32)14-15-4-6-17(33-2)7-5-15/h4-11,13H,12,14H2,1-3H3,(H,27,30). The molecule has 1 N–H and O–H groups in total. The number of pyridine rings is 2. The number of hydrogen-bond acceptors (Lipinski definition) is 7. The Labute approximate surface area is 194 Å². The number of methoxy groups -OCH3 is 2. The van der Waals surface area contributed by atoms with Crippen molar-refractivity contribution in [2.75, 3.05) is 14.2 Å². The molecule has 0 unspecified atom stereocenters. The molecular weight excluding hydrogens is 438 g/mol. The first kappa shape index (κ1) is 22.7. The second-order valence-corrected chi connectivity index (χ2v) is 7.56. The van der Waals surface area contributed by atoms with E-state index in [1.54, 1.807) is 56.8 Å². The SMILES string of the molecule is COc1ccc(Cn2c(=O)c3cc(C(=O)NCc4ccnc(OC)c4)ncc3n(C)c2=O)cc1. The monoisotopic (exact) mass is 461 g/mol. The zero-order chi connectivity index (χ0) is 24.2. The van der Waals surface area contributed by atoms with Crippen molar-refractivity contribution < 1.29 is 14.3 Å². The summed E-state index contributed by atoms with van der Waals surface area (Å²) < 4.78 is 12.7. The number of ether oxygens (including phenoxy) is 2. The fourth-order valence-corrected chi connectivity index (χ4v) is 3.53. The molecule has 0 aliphatic heterocycles. The van der Waals surface area contributed by atoms with Gasteiger partial charge in [-0.15, -0.1) is 0 Å². The molecule has 3 aromatic heterocycles. The highest BCUT2D eigenvalue weighted by molar-refractivity contribution is 5.95. The van der Waals surface area contributed by atoms with Gasteiger partial charge in [0.05, 0.1) is 37.9 Å². The Morgan fingerprint density at radius 3 is 2.47 bits per heavy atom. The molecule has 0 saturated carbocycles. The van der Waals surface area contributed by atoms with Crippen LogP contribution in [0.2, 0.25) is 0 Å². The normalized spacial score (nSPS) is 10.8. The first-order valence-corrected chi connectivity index (χ1v) is 10.4. The summed E-state index contributed by atoms with van der Waals surface area (Å²) in [5.74, 6) is 0.663. The Bertz CT molecular complexity index is 1470. The fourth-order valence-electron chi connectivity index (χ4n) is 3.53. The van der Waals surface area contributed by atoms with Gasteiger partial charge in [0.15, 0.2) is 0 Å². The van der Waals surface area contributed by atoms with Crippen LogP contribution in [0.15, 0.2) is 64.4 Å². The fraction of sp³-hybridized carbons (Fsp3) is 0.208. The number of nitrogens with one attached hydrogen (secondary N) is 1. The lowest BCUT2D eigenvalue weighted by molar-refractivity contribution is 0.0946. The lowest BCUT2D eigenvalue weighted by Gasteiger charge is -2.12. The molecule has 34 heavy (non-hydrogen) atoms. The maximum Gasteiger partial charge on any atom is 0.331 e. The average Bonchev–Trinajstić information content (AvgIpc) is 2.88. The lowest BCUT2D eigenvalue weighted by Crippen LogP contribution is -2.39. The minimum atomic E-state index is -0.496. The Balaban J connectivity index is 1.64. The summed E-state index contributed by atoms with van der Waals surface area (Å²) in [6.07, 6.45) is 2.95. The zero-order valence-electron chi connectivity index (χ0n) is 18.9. The topological polar surface area (TPSA) is 117 Å². The van der Waals surface area contributed by atoms with Gasteiger partial charge >= 0.3 is 5.69 Å². The van der Waals surface area contributed by atoms with E-state index in [1.165, 1.54) is 23.9 Å². The van der Waals surface area contributed by atoms with Crippen LogP contribution in [-0.2, 0) is 20.1 Å². The van der Waals surface area contributed by atoms with Crippen LogP contribution in [0.4, 0.5) is 0 Å². The number of amides is 1. The molecule has 0 spiro atoms. The molecule has 0 radical (unpaired) electrons. The minimum absolute atomic E-state index is 0.0697. The van der Waals surface area contributed by atoms with E-state index in [0.29, 0.717) is 17.1 Å². The van der Waals surface area contributed by atoms with Gasteiger partial charge in [-0.2, -0.15) is 0 Å². The van der Waals surface area contributed by atoms with E-state index < -0.39 is 17.2 Å². The molecule has 10 heteroatoms. The quantitative estimate of drug-likeness (QED) is 0.443. The highest BCUT2D eigenvalue weighted by atomic mass is 16.5. The summed E-state index contributed by atoms with van der Waals surface area (Å²) in [4.78, 5) is 46.9. The molecule has 4 aromatic rings. The van der Waals surface area contributed by atoms with Crippen LogP contribution >= 0.6 is 0 Å². The molecule has 3 heterocycles. The maximum absolute atomic E-state index is 13.2. The molecule has 1 amide bonds. The van der Waals surface area contributed by atoms with E-state index in [0.717, 1.165) is 15.7 Å². The zero-order valence-corrected chi connectivity index (χ0v) is 18.9. The molecular formula is C24H23N5O5. The van der Waals surface area contributed by atoms with Gasteiger partial charge in [0, 0.05) is 25.9 Å².